The number of phenolic OH excluding ortho intramolecular Hbond substituents is 1. The van der Waals surface area contributed by atoms with Gasteiger partial charge in [-0.1, -0.05) is 48.5 Å². The number of benzene rings is 2. The molecule has 0 aliphatic carbocycles. The molecule has 0 amide bonds. The molecule has 0 saturated heterocycles. The standard InChI is InChI=1S/C16H16O/c1-2-6-16(13-7-4-3-5-8-13)14-9-11-15(17)12-10-14/h2-5,7-12,16-17H,1,6H2. The third kappa shape index (κ3) is 2.76. The zero-order valence-corrected chi connectivity index (χ0v) is 9.71. The summed E-state index contributed by atoms with van der Waals surface area (Å²) in [6.07, 6.45) is 2.83. The average molecular weight is 224 g/mol. The van der Waals surface area contributed by atoms with Crippen LogP contribution < -0.4 is 0 Å². The van der Waals surface area contributed by atoms with Crippen LogP contribution in [0.4, 0.5) is 0 Å². The molecule has 1 unspecified atom stereocenters. The molecule has 2 rings (SSSR count). The minimum absolute atomic E-state index is 0.305. The van der Waals surface area contributed by atoms with Gasteiger partial charge >= 0.3 is 0 Å². The molecule has 86 valence electrons. The summed E-state index contributed by atoms with van der Waals surface area (Å²) in [6.45, 7) is 3.82. The first-order valence-corrected chi connectivity index (χ1v) is 5.76. The summed E-state index contributed by atoms with van der Waals surface area (Å²) in [5.41, 5.74) is 2.48. The van der Waals surface area contributed by atoms with Crippen LogP contribution in [0.25, 0.3) is 0 Å². The van der Waals surface area contributed by atoms with Crippen LogP contribution in [-0.4, -0.2) is 5.11 Å². The number of hydrogen-bond donors (Lipinski definition) is 1. The lowest BCUT2D eigenvalue weighted by molar-refractivity contribution is 0.475. The quantitative estimate of drug-likeness (QED) is 0.775. The number of aromatic hydroxyl groups is 1. The predicted octanol–water partition coefficient (Wildman–Crippen LogP) is 4.10. The molecule has 0 bridgehead atoms. The van der Waals surface area contributed by atoms with E-state index in [2.05, 4.69) is 18.7 Å². The second-order valence-corrected chi connectivity index (χ2v) is 4.08. The first-order valence-electron chi connectivity index (χ1n) is 5.76. The molecule has 0 fully saturated rings. The molecular weight excluding hydrogens is 208 g/mol. The van der Waals surface area contributed by atoms with Gasteiger partial charge in [0.25, 0.3) is 0 Å². The van der Waals surface area contributed by atoms with Crippen LogP contribution in [0.1, 0.15) is 23.5 Å². The molecule has 17 heavy (non-hydrogen) atoms. The number of allylic oxidation sites excluding steroid dienone is 1. The van der Waals surface area contributed by atoms with Gasteiger partial charge in [0.05, 0.1) is 0 Å². The van der Waals surface area contributed by atoms with Crippen LogP contribution >= 0.6 is 0 Å². The van der Waals surface area contributed by atoms with Gasteiger partial charge in [-0.15, -0.1) is 6.58 Å². The van der Waals surface area contributed by atoms with Crippen molar-refractivity contribution in [1.29, 1.82) is 0 Å². The third-order valence-electron chi connectivity index (χ3n) is 2.90. The summed E-state index contributed by atoms with van der Waals surface area (Å²) < 4.78 is 0. The highest BCUT2D eigenvalue weighted by atomic mass is 16.3. The molecule has 1 N–H and O–H groups in total. The molecule has 0 heterocycles. The second kappa shape index (κ2) is 5.35. The predicted molar refractivity (Wildman–Crippen MR) is 71.2 cm³/mol. The highest BCUT2D eigenvalue weighted by molar-refractivity contribution is 5.35. The van der Waals surface area contributed by atoms with Crippen LogP contribution in [0.15, 0.2) is 67.3 Å². The summed E-state index contributed by atoms with van der Waals surface area (Å²) >= 11 is 0. The monoisotopic (exact) mass is 224 g/mol. The Labute approximate surface area is 102 Å². The maximum absolute atomic E-state index is 9.32. The van der Waals surface area contributed by atoms with Gasteiger partial charge in [-0.05, 0) is 29.7 Å². The van der Waals surface area contributed by atoms with Crippen molar-refractivity contribution in [2.45, 2.75) is 12.3 Å². The number of hydrogen-bond acceptors (Lipinski definition) is 1. The van der Waals surface area contributed by atoms with Gasteiger partial charge in [0, 0.05) is 5.92 Å². The Morgan fingerprint density at radius 1 is 0.941 bits per heavy atom. The fraction of sp³-hybridized carbons (Fsp3) is 0.125. The number of rotatable bonds is 4. The molecule has 0 aromatic heterocycles. The summed E-state index contributed by atoms with van der Waals surface area (Å²) in [7, 11) is 0. The third-order valence-corrected chi connectivity index (χ3v) is 2.90. The Bertz CT molecular complexity index is 471. The Morgan fingerprint density at radius 3 is 2.12 bits per heavy atom. The van der Waals surface area contributed by atoms with Crippen molar-refractivity contribution < 1.29 is 5.11 Å². The average Bonchev–Trinajstić information content (AvgIpc) is 2.38. The Balaban J connectivity index is 2.35. The van der Waals surface area contributed by atoms with E-state index >= 15 is 0 Å². The van der Waals surface area contributed by atoms with E-state index in [0.717, 1.165) is 6.42 Å². The fourth-order valence-corrected chi connectivity index (χ4v) is 2.02. The SMILES string of the molecule is C=CCC(c1ccccc1)c1ccc(O)cc1. The van der Waals surface area contributed by atoms with E-state index in [9.17, 15) is 5.11 Å². The number of phenols is 1. The van der Waals surface area contributed by atoms with Crippen LogP contribution in [0.5, 0.6) is 5.75 Å². The van der Waals surface area contributed by atoms with Crippen molar-refractivity contribution in [3.05, 3.63) is 78.4 Å². The first kappa shape index (κ1) is 11.5. The van der Waals surface area contributed by atoms with Crippen LogP contribution in [0.3, 0.4) is 0 Å². The largest absolute Gasteiger partial charge is 0.508 e. The van der Waals surface area contributed by atoms with E-state index in [1.807, 2.05) is 36.4 Å². The molecule has 0 saturated carbocycles. The fourth-order valence-electron chi connectivity index (χ4n) is 2.02. The normalized spacial score (nSPS) is 12.0. The summed E-state index contributed by atoms with van der Waals surface area (Å²) in [5, 5.41) is 9.32. The van der Waals surface area contributed by atoms with Gasteiger partial charge in [-0.3, -0.25) is 0 Å². The van der Waals surface area contributed by atoms with Crippen LogP contribution in [0, 0.1) is 0 Å². The van der Waals surface area contributed by atoms with Crippen LogP contribution in [0.2, 0.25) is 0 Å². The van der Waals surface area contributed by atoms with Gasteiger partial charge < -0.3 is 5.11 Å². The maximum Gasteiger partial charge on any atom is 0.115 e. The molecule has 1 atom stereocenters. The summed E-state index contributed by atoms with van der Waals surface area (Å²) in [6, 6.07) is 17.8. The molecule has 0 aliphatic rings. The Hall–Kier alpha value is -2.02. The maximum atomic E-state index is 9.32. The smallest absolute Gasteiger partial charge is 0.115 e. The van der Waals surface area contributed by atoms with E-state index in [-0.39, 0.29) is 0 Å². The Morgan fingerprint density at radius 2 is 1.53 bits per heavy atom. The molecule has 1 heteroatoms. The highest BCUT2D eigenvalue weighted by Gasteiger charge is 2.11. The summed E-state index contributed by atoms with van der Waals surface area (Å²) in [4.78, 5) is 0. The summed E-state index contributed by atoms with van der Waals surface area (Å²) in [5.74, 6) is 0.619. The van der Waals surface area contributed by atoms with Gasteiger partial charge in [-0.2, -0.15) is 0 Å². The Kier molecular flexibility index (Phi) is 3.61. The highest BCUT2D eigenvalue weighted by Crippen LogP contribution is 2.29. The van der Waals surface area contributed by atoms with Crippen LogP contribution in [-0.2, 0) is 0 Å². The molecule has 2 aromatic carbocycles. The molecule has 2 aromatic rings. The van der Waals surface area contributed by atoms with Gasteiger partial charge in [0.15, 0.2) is 0 Å². The molecule has 0 spiro atoms. The minimum Gasteiger partial charge on any atom is -0.508 e. The van der Waals surface area contributed by atoms with Gasteiger partial charge in [-0.25, -0.2) is 0 Å². The van der Waals surface area contributed by atoms with E-state index in [0.29, 0.717) is 11.7 Å². The van der Waals surface area contributed by atoms with Crippen molar-refractivity contribution in [2.24, 2.45) is 0 Å². The lowest BCUT2D eigenvalue weighted by Crippen LogP contribution is -1.99. The van der Waals surface area contributed by atoms with E-state index in [1.165, 1.54) is 11.1 Å². The molecule has 1 nitrogen and oxygen atoms in total. The van der Waals surface area contributed by atoms with E-state index in [4.69, 9.17) is 0 Å². The molecular formula is C16H16O. The first-order chi connectivity index (χ1) is 8.31. The second-order valence-electron chi connectivity index (χ2n) is 4.08. The van der Waals surface area contributed by atoms with Crippen molar-refractivity contribution in [2.75, 3.05) is 0 Å². The van der Waals surface area contributed by atoms with E-state index < -0.39 is 0 Å². The molecule has 0 aliphatic heterocycles. The van der Waals surface area contributed by atoms with E-state index in [1.54, 1.807) is 12.1 Å². The molecule has 0 radical (unpaired) electrons. The zero-order chi connectivity index (χ0) is 12.1. The van der Waals surface area contributed by atoms with Gasteiger partial charge in [0.1, 0.15) is 5.75 Å². The minimum atomic E-state index is 0.305. The zero-order valence-electron chi connectivity index (χ0n) is 9.71. The van der Waals surface area contributed by atoms with Gasteiger partial charge in [0.2, 0.25) is 0 Å². The topological polar surface area (TPSA) is 20.2 Å². The van der Waals surface area contributed by atoms with Crippen molar-refractivity contribution in [3.63, 3.8) is 0 Å². The lowest BCUT2D eigenvalue weighted by Gasteiger charge is -2.16. The lowest BCUT2D eigenvalue weighted by atomic mass is 9.88. The van der Waals surface area contributed by atoms with Crippen molar-refractivity contribution >= 4 is 0 Å². The van der Waals surface area contributed by atoms with Crippen molar-refractivity contribution in [3.8, 4) is 5.75 Å². The van der Waals surface area contributed by atoms with Crippen molar-refractivity contribution in [1.82, 2.24) is 0 Å².